The number of aliphatic carboxylic acids is 1. The Bertz CT molecular complexity index is 539. The molecule has 0 aromatic heterocycles. The molecule has 7 heteroatoms. The van der Waals surface area contributed by atoms with E-state index in [1.807, 2.05) is 0 Å². The van der Waals surface area contributed by atoms with Crippen LogP contribution in [0.25, 0.3) is 0 Å². The molecule has 1 amide bonds. The van der Waals surface area contributed by atoms with Crippen LogP contribution < -0.4 is 10.1 Å². The number of benzene rings is 1. The molecule has 0 bridgehead atoms. The zero-order valence-corrected chi connectivity index (χ0v) is 13.7. The van der Waals surface area contributed by atoms with Crippen LogP contribution in [0.15, 0.2) is 24.3 Å². The molecule has 1 aliphatic rings. The first kappa shape index (κ1) is 18.2. The highest BCUT2D eigenvalue weighted by molar-refractivity contribution is 5.96. The minimum Gasteiger partial charge on any atom is -0.491 e. The molecule has 1 aromatic rings. The lowest BCUT2D eigenvalue weighted by molar-refractivity contribution is -0.142. The molecule has 2 N–H and O–H groups in total. The van der Waals surface area contributed by atoms with E-state index in [1.165, 1.54) is 0 Å². The number of hydrogen-bond acceptors (Lipinski definition) is 5. The number of carbonyl (C=O) groups excluding carboxylic acids is 1. The van der Waals surface area contributed by atoms with Crippen molar-refractivity contribution in [2.75, 3.05) is 33.5 Å². The van der Waals surface area contributed by atoms with Gasteiger partial charge >= 0.3 is 5.97 Å². The van der Waals surface area contributed by atoms with E-state index in [1.54, 1.807) is 31.4 Å². The zero-order chi connectivity index (χ0) is 17.4. The van der Waals surface area contributed by atoms with Gasteiger partial charge in [-0.1, -0.05) is 0 Å². The number of nitrogens with one attached hydrogen (secondary N) is 1. The molecular weight excluding hydrogens is 314 g/mol. The van der Waals surface area contributed by atoms with Gasteiger partial charge in [0.1, 0.15) is 18.4 Å². The molecule has 2 atom stereocenters. The predicted molar refractivity (Wildman–Crippen MR) is 86.2 cm³/mol. The molecule has 0 spiro atoms. The Morgan fingerprint density at radius 3 is 2.67 bits per heavy atom. The highest BCUT2D eigenvalue weighted by Crippen LogP contribution is 2.19. The minimum atomic E-state index is -1.04. The van der Waals surface area contributed by atoms with Crippen LogP contribution in [0.2, 0.25) is 0 Å². The molecule has 0 saturated carbocycles. The molecule has 7 nitrogen and oxygen atoms in total. The van der Waals surface area contributed by atoms with Gasteiger partial charge in [0.15, 0.2) is 0 Å². The summed E-state index contributed by atoms with van der Waals surface area (Å²) in [5, 5.41) is 12.0. The van der Waals surface area contributed by atoms with Gasteiger partial charge in [0, 0.05) is 25.2 Å². The third kappa shape index (κ3) is 5.21. The normalized spacial score (nSPS) is 18.6. The molecule has 0 aliphatic carbocycles. The monoisotopic (exact) mass is 337 g/mol. The van der Waals surface area contributed by atoms with E-state index in [9.17, 15) is 14.7 Å². The van der Waals surface area contributed by atoms with Crippen molar-refractivity contribution in [1.82, 2.24) is 5.32 Å². The first-order valence-corrected chi connectivity index (χ1v) is 7.95. The predicted octanol–water partition coefficient (Wildman–Crippen LogP) is 1.32. The van der Waals surface area contributed by atoms with Gasteiger partial charge in [-0.2, -0.15) is 0 Å². The molecule has 2 rings (SSSR count). The van der Waals surface area contributed by atoms with Crippen LogP contribution in [0, 0.1) is 5.92 Å². The average Bonchev–Trinajstić information content (AvgIpc) is 2.61. The smallest absolute Gasteiger partial charge is 0.326 e. The summed E-state index contributed by atoms with van der Waals surface area (Å²) in [7, 11) is 1.59. The highest BCUT2D eigenvalue weighted by Gasteiger charge is 2.31. The quantitative estimate of drug-likeness (QED) is 0.695. The molecular formula is C17H23NO6. The van der Waals surface area contributed by atoms with Gasteiger partial charge < -0.3 is 24.6 Å². The van der Waals surface area contributed by atoms with Gasteiger partial charge in [0.05, 0.1) is 13.2 Å². The van der Waals surface area contributed by atoms with Crippen molar-refractivity contribution in [2.45, 2.75) is 18.9 Å². The van der Waals surface area contributed by atoms with Gasteiger partial charge in [0.25, 0.3) is 5.91 Å². The lowest BCUT2D eigenvalue weighted by Gasteiger charge is -2.28. The van der Waals surface area contributed by atoms with Crippen LogP contribution in [-0.2, 0) is 14.3 Å². The van der Waals surface area contributed by atoms with Gasteiger partial charge in [-0.25, -0.2) is 4.79 Å². The Morgan fingerprint density at radius 2 is 2.08 bits per heavy atom. The number of rotatable bonds is 8. The largest absolute Gasteiger partial charge is 0.491 e. The van der Waals surface area contributed by atoms with Gasteiger partial charge in [0.2, 0.25) is 0 Å². The van der Waals surface area contributed by atoms with Gasteiger partial charge in [-0.05, 0) is 37.1 Å². The summed E-state index contributed by atoms with van der Waals surface area (Å²) in [6.45, 7) is 1.89. The van der Waals surface area contributed by atoms with Crippen molar-refractivity contribution in [3.05, 3.63) is 29.8 Å². The van der Waals surface area contributed by atoms with Crippen LogP contribution in [0.3, 0.4) is 0 Å². The molecule has 1 heterocycles. The molecule has 1 saturated heterocycles. The Balaban J connectivity index is 1.95. The third-order valence-corrected chi connectivity index (χ3v) is 3.89. The van der Waals surface area contributed by atoms with Gasteiger partial charge in [-0.15, -0.1) is 0 Å². The van der Waals surface area contributed by atoms with Crippen molar-refractivity contribution >= 4 is 11.9 Å². The van der Waals surface area contributed by atoms with Gasteiger partial charge in [-0.3, -0.25) is 4.79 Å². The van der Waals surface area contributed by atoms with Crippen molar-refractivity contribution in [3.8, 4) is 5.75 Å². The third-order valence-electron chi connectivity index (χ3n) is 3.89. The number of ether oxygens (including phenoxy) is 3. The van der Waals surface area contributed by atoms with Crippen LogP contribution >= 0.6 is 0 Å². The molecule has 1 fully saturated rings. The molecule has 0 radical (unpaired) electrons. The summed E-state index contributed by atoms with van der Waals surface area (Å²) in [6, 6.07) is 5.60. The van der Waals surface area contributed by atoms with Crippen LogP contribution in [0.5, 0.6) is 5.75 Å². The zero-order valence-electron chi connectivity index (χ0n) is 13.7. The fraction of sp³-hybridized carbons (Fsp3) is 0.529. The van der Waals surface area contributed by atoms with Crippen molar-refractivity contribution < 1.29 is 28.9 Å². The van der Waals surface area contributed by atoms with Crippen LogP contribution in [0.1, 0.15) is 23.2 Å². The maximum atomic E-state index is 12.3. The van der Waals surface area contributed by atoms with Crippen molar-refractivity contribution in [1.29, 1.82) is 0 Å². The number of amides is 1. The van der Waals surface area contributed by atoms with Crippen molar-refractivity contribution in [3.63, 3.8) is 0 Å². The second-order valence-electron chi connectivity index (χ2n) is 5.63. The van der Waals surface area contributed by atoms with E-state index < -0.39 is 17.9 Å². The Labute approximate surface area is 140 Å². The maximum absolute atomic E-state index is 12.3. The number of methoxy groups -OCH3 is 1. The number of carbonyl (C=O) groups is 2. The van der Waals surface area contributed by atoms with E-state index in [2.05, 4.69) is 5.32 Å². The summed E-state index contributed by atoms with van der Waals surface area (Å²) >= 11 is 0. The lowest BCUT2D eigenvalue weighted by Crippen LogP contribution is -2.48. The van der Waals surface area contributed by atoms with E-state index in [-0.39, 0.29) is 5.92 Å². The Hall–Kier alpha value is -2.12. The van der Waals surface area contributed by atoms with E-state index in [4.69, 9.17) is 14.2 Å². The maximum Gasteiger partial charge on any atom is 0.326 e. The molecule has 1 aliphatic heterocycles. The summed E-state index contributed by atoms with van der Waals surface area (Å²) < 4.78 is 15.6. The van der Waals surface area contributed by atoms with E-state index in [0.29, 0.717) is 37.7 Å². The van der Waals surface area contributed by atoms with Crippen LogP contribution in [-0.4, -0.2) is 56.6 Å². The summed E-state index contributed by atoms with van der Waals surface area (Å²) in [6.07, 6.45) is 1.53. The molecule has 132 valence electrons. The Morgan fingerprint density at radius 1 is 1.33 bits per heavy atom. The standard InChI is InChI=1S/C17H23NO6/c1-22-9-10-24-14-6-4-12(5-7-14)16(19)18-15(17(20)21)13-3-2-8-23-11-13/h4-7,13,15H,2-3,8-11H2,1H3,(H,18,19)(H,20,21). The lowest BCUT2D eigenvalue weighted by atomic mass is 9.93. The average molecular weight is 337 g/mol. The molecule has 1 aromatic carbocycles. The topological polar surface area (TPSA) is 94.1 Å². The fourth-order valence-corrected chi connectivity index (χ4v) is 2.58. The fourth-order valence-electron chi connectivity index (χ4n) is 2.58. The Kier molecular flexibility index (Phi) is 7.02. The second kappa shape index (κ2) is 9.24. The first-order valence-electron chi connectivity index (χ1n) is 7.95. The van der Waals surface area contributed by atoms with E-state index >= 15 is 0 Å². The SMILES string of the molecule is COCCOc1ccc(C(=O)NC(C(=O)O)C2CCCOC2)cc1. The molecule has 2 unspecified atom stereocenters. The minimum absolute atomic E-state index is 0.211. The highest BCUT2D eigenvalue weighted by atomic mass is 16.5. The number of hydrogen-bond donors (Lipinski definition) is 2. The summed E-state index contributed by atoms with van der Waals surface area (Å²) in [4.78, 5) is 23.8. The van der Waals surface area contributed by atoms with Crippen LogP contribution in [0.4, 0.5) is 0 Å². The number of carboxylic acids is 1. The number of carboxylic acid groups (broad SMARTS) is 1. The molecule has 24 heavy (non-hydrogen) atoms. The van der Waals surface area contributed by atoms with Crippen molar-refractivity contribution in [2.24, 2.45) is 5.92 Å². The van der Waals surface area contributed by atoms with E-state index in [0.717, 1.165) is 12.8 Å². The first-order chi connectivity index (χ1) is 11.6. The summed E-state index contributed by atoms with van der Waals surface area (Å²) in [5.41, 5.74) is 0.386. The second-order valence-corrected chi connectivity index (χ2v) is 5.63. The summed E-state index contributed by atoms with van der Waals surface area (Å²) in [5.74, 6) is -1.05.